The molecule has 1 amide bonds. The lowest BCUT2D eigenvalue weighted by Crippen LogP contribution is -2.42. The molecular weight excluding hydrogens is 462 g/mol. The predicted octanol–water partition coefficient (Wildman–Crippen LogP) is 3.38. The van der Waals surface area contributed by atoms with Crippen molar-refractivity contribution in [3.8, 4) is 11.5 Å². The molecule has 1 fully saturated rings. The maximum atomic E-state index is 13.1. The van der Waals surface area contributed by atoms with E-state index in [-0.39, 0.29) is 11.7 Å². The number of fused-ring (bicyclic) bond motifs is 2. The average molecular weight is 488 g/mol. The first-order valence-corrected chi connectivity index (χ1v) is 13.1. The highest BCUT2D eigenvalue weighted by atomic mass is 32.2. The number of carbonyl (C=O) groups is 1. The number of hydrogen-bond acceptors (Lipinski definition) is 6. The van der Waals surface area contributed by atoms with Gasteiger partial charge in [0.25, 0.3) is 5.91 Å². The number of carbonyl (C=O) groups excluding carboxylic acids is 1. The maximum Gasteiger partial charge on any atom is 0.279 e. The summed E-state index contributed by atoms with van der Waals surface area (Å²) in [5.74, 6) is 1.56. The number of amides is 1. The summed E-state index contributed by atoms with van der Waals surface area (Å²) in [5.41, 5.74) is 1.23. The number of sulfonamides is 1. The van der Waals surface area contributed by atoms with Crippen LogP contribution in [-0.2, 0) is 17.1 Å². The van der Waals surface area contributed by atoms with Crippen LogP contribution in [0.5, 0.6) is 11.5 Å². The number of piperidine rings is 1. The van der Waals surface area contributed by atoms with Gasteiger partial charge in [0.1, 0.15) is 0 Å². The summed E-state index contributed by atoms with van der Waals surface area (Å²) in [7, 11) is -1.76. The van der Waals surface area contributed by atoms with E-state index in [9.17, 15) is 13.2 Å². The second kappa shape index (κ2) is 8.27. The number of ether oxygens (including phenoxy) is 2. The third-order valence-electron chi connectivity index (χ3n) is 6.08. The quantitative estimate of drug-likeness (QED) is 0.565. The minimum atomic E-state index is -3.59. The van der Waals surface area contributed by atoms with Crippen LogP contribution in [0.3, 0.4) is 0 Å². The molecule has 0 spiro atoms. The van der Waals surface area contributed by atoms with Gasteiger partial charge in [0.15, 0.2) is 16.3 Å². The molecule has 2 aliphatic rings. The Balaban J connectivity index is 1.41. The minimum absolute atomic E-state index is 0.197. The molecule has 5 rings (SSSR count). The summed E-state index contributed by atoms with van der Waals surface area (Å²) in [6.45, 7) is 5.38. The number of benzene rings is 2. The molecule has 33 heavy (non-hydrogen) atoms. The van der Waals surface area contributed by atoms with Gasteiger partial charge in [-0.15, -0.1) is 0 Å². The van der Waals surface area contributed by atoms with Crippen LogP contribution in [-0.4, -0.2) is 43.1 Å². The summed E-state index contributed by atoms with van der Waals surface area (Å²) in [6.07, 6.45) is 1.03. The Labute approximate surface area is 196 Å². The molecule has 3 heterocycles. The van der Waals surface area contributed by atoms with Gasteiger partial charge in [-0.1, -0.05) is 25.2 Å². The standard InChI is InChI=1S/C23H25N3O5S2/c1-14-8-15(2)12-26(11-14)33(28,29)17-6-4-16(5-7-17)22(27)24-23-25(3)18-9-19-20(31-13-30-19)10-21(18)32-23/h4-7,9-10,14-15H,8,11-13H2,1-3H3. The molecule has 174 valence electrons. The first-order chi connectivity index (χ1) is 15.7. The number of thiazole rings is 1. The van der Waals surface area contributed by atoms with Crippen LogP contribution in [0.25, 0.3) is 10.2 Å². The van der Waals surface area contributed by atoms with Gasteiger partial charge in [-0.05, 0) is 42.5 Å². The third-order valence-corrected chi connectivity index (χ3v) is 9.02. The number of aryl methyl sites for hydroxylation is 1. The Morgan fingerprint density at radius 2 is 1.70 bits per heavy atom. The van der Waals surface area contributed by atoms with Crippen LogP contribution in [0, 0.1) is 11.8 Å². The lowest BCUT2D eigenvalue weighted by molar-refractivity contribution is 0.0998. The van der Waals surface area contributed by atoms with Crippen molar-refractivity contribution < 1.29 is 22.7 Å². The molecule has 1 aromatic heterocycles. The highest BCUT2D eigenvalue weighted by Crippen LogP contribution is 2.36. The Morgan fingerprint density at radius 3 is 2.36 bits per heavy atom. The van der Waals surface area contributed by atoms with Crippen molar-refractivity contribution in [2.45, 2.75) is 25.2 Å². The third kappa shape index (κ3) is 4.07. The van der Waals surface area contributed by atoms with Crippen molar-refractivity contribution >= 4 is 37.5 Å². The zero-order valence-electron chi connectivity index (χ0n) is 18.6. The highest BCUT2D eigenvalue weighted by molar-refractivity contribution is 7.89. The van der Waals surface area contributed by atoms with Crippen LogP contribution in [0.4, 0.5) is 0 Å². The van der Waals surface area contributed by atoms with Crippen LogP contribution < -0.4 is 14.3 Å². The van der Waals surface area contributed by atoms with Gasteiger partial charge in [-0.3, -0.25) is 4.79 Å². The Hall–Kier alpha value is -2.69. The zero-order chi connectivity index (χ0) is 23.3. The predicted molar refractivity (Wildman–Crippen MR) is 125 cm³/mol. The van der Waals surface area contributed by atoms with E-state index in [1.807, 2.05) is 23.7 Å². The molecule has 3 aromatic rings. The summed E-state index contributed by atoms with van der Waals surface area (Å²) >= 11 is 1.38. The van der Waals surface area contributed by atoms with Gasteiger partial charge < -0.3 is 14.0 Å². The topological polar surface area (TPSA) is 90.2 Å². The zero-order valence-corrected chi connectivity index (χ0v) is 20.3. The smallest absolute Gasteiger partial charge is 0.279 e. The molecule has 2 aliphatic heterocycles. The SMILES string of the molecule is CC1CC(C)CN(S(=O)(=O)c2ccc(C(=O)N=c3sc4cc5c(cc4n3C)OCO5)cc2)C1. The van der Waals surface area contributed by atoms with Gasteiger partial charge in [-0.2, -0.15) is 9.30 Å². The van der Waals surface area contributed by atoms with Crippen molar-refractivity contribution in [1.29, 1.82) is 0 Å². The molecule has 0 N–H and O–H groups in total. The van der Waals surface area contributed by atoms with E-state index < -0.39 is 15.9 Å². The molecular formula is C23H25N3O5S2. The first kappa shape index (κ1) is 22.1. The number of hydrogen-bond donors (Lipinski definition) is 0. The molecule has 0 radical (unpaired) electrons. The Kier molecular flexibility index (Phi) is 5.54. The van der Waals surface area contributed by atoms with Crippen molar-refractivity contribution in [1.82, 2.24) is 8.87 Å². The number of nitrogens with zero attached hydrogens (tertiary/aromatic N) is 3. The summed E-state index contributed by atoms with van der Waals surface area (Å²) in [6, 6.07) is 9.80. The Morgan fingerprint density at radius 1 is 1.06 bits per heavy atom. The molecule has 2 unspecified atom stereocenters. The van der Waals surface area contributed by atoms with Crippen molar-refractivity contribution in [2.24, 2.45) is 23.9 Å². The molecule has 2 atom stereocenters. The van der Waals surface area contributed by atoms with Crippen molar-refractivity contribution in [2.75, 3.05) is 19.9 Å². The fourth-order valence-electron chi connectivity index (χ4n) is 4.50. The lowest BCUT2D eigenvalue weighted by Gasteiger charge is -2.34. The van der Waals surface area contributed by atoms with Gasteiger partial charge in [0, 0.05) is 37.8 Å². The van der Waals surface area contributed by atoms with Crippen LogP contribution in [0.15, 0.2) is 46.3 Å². The molecule has 0 aliphatic carbocycles. The average Bonchev–Trinajstić information content (AvgIpc) is 3.35. The number of rotatable bonds is 3. The van der Waals surface area contributed by atoms with Gasteiger partial charge in [0.2, 0.25) is 16.8 Å². The van der Waals surface area contributed by atoms with Crippen LogP contribution in [0.2, 0.25) is 0 Å². The molecule has 2 aromatic carbocycles. The van der Waals surface area contributed by atoms with E-state index >= 15 is 0 Å². The lowest BCUT2D eigenvalue weighted by atomic mass is 9.94. The van der Waals surface area contributed by atoms with E-state index in [2.05, 4.69) is 18.8 Å². The number of aromatic nitrogens is 1. The summed E-state index contributed by atoms with van der Waals surface area (Å²) in [5, 5.41) is 0. The molecule has 8 nitrogen and oxygen atoms in total. The largest absolute Gasteiger partial charge is 0.454 e. The van der Waals surface area contributed by atoms with Gasteiger partial charge in [0.05, 0.1) is 15.1 Å². The van der Waals surface area contributed by atoms with Gasteiger partial charge in [-0.25, -0.2) is 8.42 Å². The summed E-state index contributed by atoms with van der Waals surface area (Å²) < 4.78 is 41.3. The monoisotopic (exact) mass is 487 g/mol. The summed E-state index contributed by atoms with van der Waals surface area (Å²) in [4.78, 5) is 17.8. The highest BCUT2D eigenvalue weighted by Gasteiger charge is 2.31. The normalized spacial score (nSPS) is 21.6. The van der Waals surface area contributed by atoms with E-state index in [1.54, 1.807) is 4.31 Å². The van der Waals surface area contributed by atoms with E-state index in [0.717, 1.165) is 16.6 Å². The molecule has 0 bridgehead atoms. The van der Waals surface area contributed by atoms with Crippen LogP contribution >= 0.6 is 11.3 Å². The first-order valence-electron chi connectivity index (χ1n) is 10.8. The van der Waals surface area contributed by atoms with Crippen LogP contribution in [0.1, 0.15) is 30.6 Å². The fraction of sp³-hybridized carbons (Fsp3) is 0.391. The second-order valence-corrected chi connectivity index (χ2v) is 11.8. The molecule has 1 saturated heterocycles. The van der Waals surface area contributed by atoms with Crippen molar-refractivity contribution in [3.05, 3.63) is 46.8 Å². The molecule has 10 heteroatoms. The minimum Gasteiger partial charge on any atom is -0.454 e. The van der Waals surface area contributed by atoms with Crippen molar-refractivity contribution in [3.63, 3.8) is 0 Å². The van der Waals surface area contributed by atoms with E-state index in [1.165, 1.54) is 35.6 Å². The van der Waals surface area contributed by atoms with Gasteiger partial charge >= 0.3 is 0 Å². The Bertz CT molecular complexity index is 1400. The second-order valence-electron chi connectivity index (χ2n) is 8.83. The fourth-order valence-corrected chi connectivity index (χ4v) is 7.20. The van der Waals surface area contributed by atoms with E-state index in [4.69, 9.17) is 9.47 Å². The maximum absolute atomic E-state index is 13.1. The molecule has 0 saturated carbocycles. The van der Waals surface area contributed by atoms with E-state index in [0.29, 0.717) is 46.8 Å².